The van der Waals surface area contributed by atoms with Crippen LogP contribution >= 0.6 is 0 Å². The monoisotopic (exact) mass is 399 g/mol. The molecule has 2 aliphatic rings. The minimum absolute atomic E-state index is 0.0278. The van der Waals surface area contributed by atoms with Crippen LogP contribution in [0.15, 0.2) is 29.3 Å². The molecule has 0 aromatic heterocycles. The number of anilines is 1. The normalized spacial score (nSPS) is 18.2. The van der Waals surface area contributed by atoms with Gasteiger partial charge in [-0.3, -0.25) is 14.6 Å². The minimum atomic E-state index is -0.378. The predicted molar refractivity (Wildman–Crippen MR) is 116 cm³/mol. The van der Waals surface area contributed by atoms with Crippen LogP contribution in [-0.4, -0.2) is 63.5 Å². The van der Waals surface area contributed by atoms with Crippen molar-refractivity contribution in [2.45, 2.75) is 38.5 Å². The molecule has 0 spiro atoms. The Morgan fingerprint density at radius 3 is 2.55 bits per heavy atom. The summed E-state index contributed by atoms with van der Waals surface area (Å²) in [5.74, 6) is 0.750. The average molecular weight is 400 g/mol. The van der Waals surface area contributed by atoms with E-state index in [1.165, 1.54) is 5.56 Å². The SMILES string of the molecule is CN=C(NCC(=O)N1CCCc2ccccc21)NCC1(C(=O)N(C)C)CCCC1. The topological polar surface area (TPSA) is 77.0 Å². The van der Waals surface area contributed by atoms with Gasteiger partial charge in [0.15, 0.2) is 5.96 Å². The molecule has 1 heterocycles. The van der Waals surface area contributed by atoms with Crippen LogP contribution in [0.3, 0.4) is 0 Å². The van der Waals surface area contributed by atoms with E-state index < -0.39 is 0 Å². The van der Waals surface area contributed by atoms with Crippen molar-refractivity contribution in [2.24, 2.45) is 10.4 Å². The molecule has 0 radical (unpaired) electrons. The molecule has 0 unspecified atom stereocenters. The van der Waals surface area contributed by atoms with Crippen LogP contribution in [0.1, 0.15) is 37.7 Å². The van der Waals surface area contributed by atoms with Gasteiger partial charge in [-0.05, 0) is 37.3 Å². The zero-order chi connectivity index (χ0) is 20.9. The second-order valence-corrected chi connectivity index (χ2v) is 8.24. The molecule has 29 heavy (non-hydrogen) atoms. The van der Waals surface area contributed by atoms with E-state index >= 15 is 0 Å². The third-order valence-electron chi connectivity index (χ3n) is 6.06. The second kappa shape index (κ2) is 9.29. The maximum Gasteiger partial charge on any atom is 0.246 e. The summed E-state index contributed by atoms with van der Waals surface area (Å²) in [6.07, 6.45) is 5.90. The van der Waals surface area contributed by atoms with Gasteiger partial charge in [-0.2, -0.15) is 0 Å². The van der Waals surface area contributed by atoms with Crippen LogP contribution in [0.2, 0.25) is 0 Å². The zero-order valence-corrected chi connectivity index (χ0v) is 17.8. The Labute approximate surface area is 173 Å². The number of nitrogens with one attached hydrogen (secondary N) is 2. The van der Waals surface area contributed by atoms with Crippen molar-refractivity contribution in [3.8, 4) is 0 Å². The number of guanidine groups is 1. The summed E-state index contributed by atoms with van der Waals surface area (Å²) in [6.45, 7) is 1.44. The minimum Gasteiger partial charge on any atom is -0.355 e. The van der Waals surface area contributed by atoms with Crippen LogP contribution in [0.4, 0.5) is 5.69 Å². The molecular weight excluding hydrogens is 366 g/mol. The van der Waals surface area contributed by atoms with Crippen molar-refractivity contribution < 1.29 is 9.59 Å². The highest BCUT2D eigenvalue weighted by Gasteiger charge is 2.42. The van der Waals surface area contributed by atoms with Crippen molar-refractivity contribution in [3.05, 3.63) is 29.8 Å². The first kappa shape index (κ1) is 21.1. The third-order valence-corrected chi connectivity index (χ3v) is 6.06. The van der Waals surface area contributed by atoms with E-state index in [2.05, 4.69) is 21.7 Å². The van der Waals surface area contributed by atoms with E-state index in [4.69, 9.17) is 0 Å². The van der Waals surface area contributed by atoms with Crippen molar-refractivity contribution in [1.82, 2.24) is 15.5 Å². The fourth-order valence-electron chi connectivity index (χ4n) is 4.51. The van der Waals surface area contributed by atoms with Gasteiger partial charge >= 0.3 is 0 Å². The molecule has 1 aliphatic carbocycles. The van der Waals surface area contributed by atoms with Gasteiger partial charge < -0.3 is 20.4 Å². The Morgan fingerprint density at radius 2 is 1.86 bits per heavy atom. The fourth-order valence-corrected chi connectivity index (χ4v) is 4.51. The standard InChI is InChI=1S/C22H33N5O2/c1-23-21(25-16-22(12-6-7-13-22)20(29)26(2)3)24-15-19(28)27-14-8-10-17-9-4-5-11-18(17)27/h4-5,9,11H,6-8,10,12-16H2,1-3H3,(H2,23,24,25). The Hall–Kier alpha value is -2.57. The number of carbonyl (C=O) groups is 2. The number of nitrogens with zero attached hydrogens (tertiary/aromatic N) is 3. The fraction of sp³-hybridized carbons (Fsp3) is 0.591. The third kappa shape index (κ3) is 4.71. The highest BCUT2D eigenvalue weighted by atomic mass is 16.2. The lowest BCUT2D eigenvalue weighted by atomic mass is 9.84. The smallest absolute Gasteiger partial charge is 0.246 e. The number of carbonyl (C=O) groups excluding carboxylic acids is 2. The van der Waals surface area contributed by atoms with E-state index in [-0.39, 0.29) is 23.8 Å². The number of aryl methyl sites for hydroxylation is 1. The maximum atomic E-state index is 12.8. The average Bonchev–Trinajstić information content (AvgIpc) is 3.22. The first-order chi connectivity index (χ1) is 14.0. The van der Waals surface area contributed by atoms with Gasteiger partial charge in [0.05, 0.1) is 12.0 Å². The molecule has 2 amide bonds. The second-order valence-electron chi connectivity index (χ2n) is 8.24. The lowest BCUT2D eigenvalue weighted by Gasteiger charge is -2.32. The van der Waals surface area contributed by atoms with E-state index in [0.717, 1.165) is 50.8 Å². The largest absolute Gasteiger partial charge is 0.355 e. The Kier molecular flexibility index (Phi) is 6.77. The lowest BCUT2D eigenvalue weighted by Crippen LogP contribution is -2.51. The molecule has 0 saturated heterocycles. The van der Waals surface area contributed by atoms with E-state index in [9.17, 15) is 9.59 Å². The molecule has 1 aromatic carbocycles. The Balaban J connectivity index is 1.57. The van der Waals surface area contributed by atoms with Crippen LogP contribution in [0, 0.1) is 5.41 Å². The highest BCUT2D eigenvalue weighted by molar-refractivity contribution is 5.98. The number of para-hydroxylation sites is 1. The number of aliphatic imine (C=N–C) groups is 1. The maximum absolute atomic E-state index is 12.8. The molecule has 1 aliphatic heterocycles. The number of amides is 2. The van der Waals surface area contributed by atoms with Crippen molar-refractivity contribution >= 4 is 23.5 Å². The summed E-state index contributed by atoms with van der Waals surface area (Å²) >= 11 is 0. The van der Waals surface area contributed by atoms with Gasteiger partial charge in [-0.25, -0.2) is 0 Å². The molecule has 7 heteroatoms. The molecule has 7 nitrogen and oxygen atoms in total. The summed E-state index contributed by atoms with van der Waals surface area (Å²) < 4.78 is 0. The summed E-state index contributed by atoms with van der Waals surface area (Å²) in [6, 6.07) is 8.09. The first-order valence-corrected chi connectivity index (χ1v) is 10.5. The zero-order valence-electron chi connectivity index (χ0n) is 17.8. The molecule has 158 valence electrons. The number of hydrogen-bond acceptors (Lipinski definition) is 3. The Bertz CT molecular complexity index is 768. The van der Waals surface area contributed by atoms with Gasteiger partial charge in [0.1, 0.15) is 0 Å². The quantitative estimate of drug-likeness (QED) is 0.585. The van der Waals surface area contributed by atoms with Crippen molar-refractivity contribution in [3.63, 3.8) is 0 Å². The van der Waals surface area contributed by atoms with Crippen LogP contribution in [-0.2, 0) is 16.0 Å². The van der Waals surface area contributed by atoms with Gasteiger partial charge in [0.2, 0.25) is 11.8 Å². The molecule has 2 N–H and O–H groups in total. The summed E-state index contributed by atoms with van der Waals surface area (Å²) in [5, 5.41) is 6.42. The van der Waals surface area contributed by atoms with Gasteiger partial charge in [-0.15, -0.1) is 0 Å². The molecule has 1 aromatic rings. The summed E-state index contributed by atoms with van der Waals surface area (Å²) in [4.78, 5) is 33.3. The molecule has 1 saturated carbocycles. The highest BCUT2D eigenvalue weighted by Crippen LogP contribution is 2.38. The number of rotatable bonds is 5. The van der Waals surface area contributed by atoms with Gasteiger partial charge in [0.25, 0.3) is 0 Å². The molecule has 1 fully saturated rings. The Morgan fingerprint density at radius 1 is 1.14 bits per heavy atom. The molecular formula is C22H33N5O2. The molecule has 0 atom stereocenters. The number of benzene rings is 1. The number of fused-ring (bicyclic) bond motifs is 1. The van der Waals surface area contributed by atoms with Crippen LogP contribution < -0.4 is 15.5 Å². The van der Waals surface area contributed by atoms with E-state index in [1.54, 1.807) is 11.9 Å². The van der Waals surface area contributed by atoms with Crippen molar-refractivity contribution in [2.75, 3.05) is 45.7 Å². The van der Waals surface area contributed by atoms with Crippen LogP contribution in [0.5, 0.6) is 0 Å². The summed E-state index contributed by atoms with van der Waals surface area (Å²) in [7, 11) is 5.31. The summed E-state index contributed by atoms with van der Waals surface area (Å²) in [5.41, 5.74) is 1.85. The van der Waals surface area contributed by atoms with Gasteiger partial charge in [0, 0.05) is 39.9 Å². The van der Waals surface area contributed by atoms with Crippen LogP contribution in [0.25, 0.3) is 0 Å². The first-order valence-electron chi connectivity index (χ1n) is 10.5. The van der Waals surface area contributed by atoms with E-state index in [1.807, 2.05) is 37.2 Å². The lowest BCUT2D eigenvalue weighted by molar-refractivity contribution is -0.138. The van der Waals surface area contributed by atoms with Crippen molar-refractivity contribution in [1.29, 1.82) is 0 Å². The number of hydrogen-bond donors (Lipinski definition) is 2. The molecule has 3 rings (SSSR count). The van der Waals surface area contributed by atoms with E-state index in [0.29, 0.717) is 12.5 Å². The van der Waals surface area contributed by atoms with Gasteiger partial charge in [-0.1, -0.05) is 31.0 Å². The predicted octanol–water partition coefficient (Wildman–Crippen LogP) is 1.78. The molecule has 0 bridgehead atoms.